The van der Waals surface area contributed by atoms with Crippen LogP contribution in [-0.4, -0.2) is 79.8 Å². The van der Waals surface area contributed by atoms with Crippen LogP contribution in [0.4, 0.5) is 4.79 Å². The Hall–Kier alpha value is -1.34. The number of urea groups is 1. The largest absolute Gasteiger partial charge is 0.379 e. The van der Waals surface area contributed by atoms with Crippen LogP contribution in [0.25, 0.3) is 0 Å². The van der Waals surface area contributed by atoms with Crippen LogP contribution < -0.4 is 10.6 Å². The molecule has 1 saturated carbocycles. The Bertz CT molecular complexity index is 482. The molecule has 2 aliphatic heterocycles. The molecule has 0 aromatic carbocycles. The first-order valence-corrected chi connectivity index (χ1v) is 10.8. The number of piperidine rings is 1. The highest BCUT2D eigenvalue weighted by molar-refractivity contribution is 5.79. The second kappa shape index (κ2) is 10.3. The molecule has 1 aliphatic carbocycles. The minimum Gasteiger partial charge on any atom is -0.379 e. The zero-order valence-corrected chi connectivity index (χ0v) is 16.8. The molecule has 3 aliphatic rings. The lowest BCUT2D eigenvalue weighted by molar-refractivity contribution is -0.126. The van der Waals surface area contributed by atoms with Gasteiger partial charge >= 0.3 is 6.03 Å². The molecule has 154 valence electrons. The van der Waals surface area contributed by atoms with Crippen molar-refractivity contribution in [1.29, 1.82) is 0 Å². The summed E-state index contributed by atoms with van der Waals surface area (Å²) in [6.45, 7) is 7.67. The molecule has 3 fully saturated rings. The molecule has 2 saturated heterocycles. The minimum absolute atomic E-state index is 0.0205. The second-order valence-electron chi connectivity index (χ2n) is 8.29. The van der Waals surface area contributed by atoms with Gasteiger partial charge in [-0.1, -0.05) is 19.3 Å². The predicted molar refractivity (Wildman–Crippen MR) is 105 cm³/mol. The summed E-state index contributed by atoms with van der Waals surface area (Å²) in [6.07, 6.45) is 7.40. The fourth-order valence-electron chi connectivity index (χ4n) is 4.40. The van der Waals surface area contributed by atoms with Crippen LogP contribution in [0.5, 0.6) is 0 Å². The highest BCUT2D eigenvalue weighted by Crippen LogP contribution is 2.24. The van der Waals surface area contributed by atoms with Crippen molar-refractivity contribution in [3.63, 3.8) is 0 Å². The van der Waals surface area contributed by atoms with Crippen LogP contribution in [-0.2, 0) is 9.53 Å². The van der Waals surface area contributed by atoms with Crippen LogP contribution in [0.2, 0.25) is 0 Å². The van der Waals surface area contributed by atoms with Crippen LogP contribution in [0.3, 0.4) is 0 Å². The summed E-state index contributed by atoms with van der Waals surface area (Å²) in [7, 11) is 0. The summed E-state index contributed by atoms with van der Waals surface area (Å²) in [5.74, 6) is 0.443. The number of morpholine rings is 1. The van der Waals surface area contributed by atoms with Gasteiger partial charge in [0.1, 0.15) is 0 Å². The van der Waals surface area contributed by atoms with E-state index in [-0.39, 0.29) is 23.9 Å². The Kier molecular flexibility index (Phi) is 7.76. The van der Waals surface area contributed by atoms with E-state index >= 15 is 0 Å². The molecule has 2 heterocycles. The van der Waals surface area contributed by atoms with Crippen molar-refractivity contribution in [1.82, 2.24) is 20.4 Å². The van der Waals surface area contributed by atoms with E-state index in [4.69, 9.17) is 4.74 Å². The molecule has 0 radical (unpaired) electrons. The number of hydrogen-bond acceptors (Lipinski definition) is 4. The number of nitrogens with one attached hydrogen (secondary N) is 2. The topological polar surface area (TPSA) is 73.9 Å². The highest BCUT2D eigenvalue weighted by atomic mass is 16.5. The van der Waals surface area contributed by atoms with Gasteiger partial charge in [0.2, 0.25) is 5.91 Å². The van der Waals surface area contributed by atoms with Crippen molar-refractivity contribution in [2.45, 2.75) is 64.0 Å². The first-order chi connectivity index (χ1) is 13.1. The Morgan fingerprint density at radius 1 is 1.00 bits per heavy atom. The third-order valence-electron chi connectivity index (χ3n) is 6.32. The lowest BCUT2D eigenvalue weighted by atomic mass is 9.88. The SMILES string of the molecule is CC(CNC(=O)N1CCC(NC(=O)C2CCCCC2)CC1)N1CCOCC1. The van der Waals surface area contributed by atoms with Gasteiger partial charge in [-0.2, -0.15) is 0 Å². The standard InChI is InChI=1S/C20H36N4O3/c1-16(23-11-13-27-14-12-23)15-21-20(26)24-9-7-18(8-10-24)22-19(25)17-5-3-2-4-6-17/h16-18H,2-15H2,1H3,(H,21,26)(H,22,25). The molecule has 27 heavy (non-hydrogen) atoms. The maximum Gasteiger partial charge on any atom is 0.317 e. The maximum absolute atomic E-state index is 12.4. The third-order valence-corrected chi connectivity index (χ3v) is 6.32. The van der Waals surface area contributed by atoms with Gasteiger partial charge in [-0.3, -0.25) is 9.69 Å². The van der Waals surface area contributed by atoms with Crippen molar-refractivity contribution in [3.8, 4) is 0 Å². The molecule has 0 aromatic heterocycles. The van der Waals surface area contributed by atoms with Crippen LogP contribution in [0, 0.1) is 5.92 Å². The van der Waals surface area contributed by atoms with Gasteiger partial charge < -0.3 is 20.3 Å². The van der Waals surface area contributed by atoms with E-state index in [9.17, 15) is 9.59 Å². The van der Waals surface area contributed by atoms with Gasteiger partial charge in [0.05, 0.1) is 13.2 Å². The van der Waals surface area contributed by atoms with Gasteiger partial charge in [-0.25, -0.2) is 4.79 Å². The van der Waals surface area contributed by atoms with Crippen molar-refractivity contribution >= 4 is 11.9 Å². The number of amides is 3. The summed E-state index contributed by atoms with van der Waals surface area (Å²) >= 11 is 0. The van der Waals surface area contributed by atoms with Crippen LogP contribution in [0.1, 0.15) is 51.9 Å². The number of hydrogen-bond donors (Lipinski definition) is 2. The number of ether oxygens (including phenoxy) is 1. The van der Waals surface area contributed by atoms with Gasteiger partial charge in [-0.15, -0.1) is 0 Å². The summed E-state index contributed by atoms with van der Waals surface area (Å²) in [5.41, 5.74) is 0. The monoisotopic (exact) mass is 380 g/mol. The molecule has 0 aromatic rings. The summed E-state index contributed by atoms with van der Waals surface area (Å²) in [6, 6.07) is 0.563. The fraction of sp³-hybridized carbons (Fsp3) is 0.900. The van der Waals surface area contributed by atoms with Gasteiger partial charge in [0, 0.05) is 50.7 Å². The van der Waals surface area contributed by atoms with Crippen molar-refractivity contribution in [2.24, 2.45) is 5.92 Å². The van der Waals surface area contributed by atoms with Gasteiger partial charge in [0.25, 0.3) is 0 Å². The Morgan fingerprint density at radius 3 is 2.33 bits per heavy atom. The molecular formula is C20H36N4O3. The quantitative estimate of drug-likeness (QED) is 0.759. The van der Waals surface area contributed by atoms with E-state index in [2.05, 4.69) is 22.5 Å². The zero-order valence-electron chi connectivity index (χ0n) is 16.8. The number of rotatable bonds is 5. The van der Waals surface area contributed by atoms with E-state index in [0.29, 0.717) is 25.7 Å². The molecule has 7 heteroatoms. The molecule has 1 atom stereocenters. The Balaban J connectivity index is 1.33. The number of carbonyl (C=O) groups excluding carboxylic acids is 2. The maximum atomic E-state index is 12.4. The van der Waals surface area contributed by atoms with E-state index in [0.717, 1.165) is 52.0 Å². The molecule has 7 nitrogen and oxygen atoms in total. The lowest BCUT2D eigenvalue weighted by Gasteiger charge is -2.35. The summed E-state index contributed by atoms with van der Waals surface area (Å²) in [4.78, 5) is 29.1. The fourth-order valence-corrected chi connectivity index (χ4v) is 4.40. The summed E-state index contributed by atoms with van der Waals surface area (Å²) < 4.78 is 5.38. The van der Waals surface area contributed by atoms with Crippen molar-refractivity contribution in [3.05, 3.63) is 0 Å². The number of likely N-dealkylation sites (tertiary alicyclic amines) is 1. The van der Waals surface area contributed by atoms with Gasteiger partial charge in [0.15, 0.2) is 0 Å². The molecule has 3 amide bonds. The molecular weight excluding hydrogens is 344 g/mol. The average Bonchev–Trinajstić information content (AvgIpc) is 2.73. The predicted octanol–water partition coefficient (Wildman–Crippen LogP) is 1.58. The highest BCUT2D eigenvalue weighted by Gasteiger charge is 2.27. The lowest BCUT2D eigenvalue weighted by Crippen LogP contribution is -2.53. The number of nitrogens with zero attached hydrogens (tertiary/aromatic N) is 2. The van der Waals surface area contributed by atoms with E-state index in [1.165, 1.54) is 19.3 Å². The van der Waals surface area contributed by atoms with E-state index < -0.39 is 0 Å². The van der Waals surface area contributed by atoms with Gasteiger partial charge in [-0.05, 0) is 32.6 Å². The molecule has 2 N–H and O–H groups in total. The third kappa shape index (κ3) is 6.07. The first-order valence-electron chi connectivity index (χ1n) is 10.8. The average molecular weight is 381 g/mol. The van der Waals surface area contributed by atoms with Crippen molar-refractivity contribution in [2.75, 3.05) is 45.9 Å². The van der Waals surface area contributed by atoms with Crippen LogP contribution in [0.15, 0.2) is 0 Å². The minimum atomic E-state index is 0.0205. The molecule has 0 bridgehead atoms. The van der Waals surface area contributed by atoms with E-state index in [1.807, 2.05) is 4.90 Å². The Labute approximate surface area is 163 Å². The molecule has 1 unspecified atom stereocenters. The zero-order chi connectivity index (χ0) is 19.1. The van der Waals surface area contributed by atoms with Crippen LogP contribution >= 0.6 is 0 Å². The molecule has 3 rings (SSSR count). The normalized spacial score (nSPS) is 24.4. The smallest absolute Gasteiger partial charge is 0.317 e. The first kappa shape index (κ1) is 20.4. The Morgan fingerprint density at radius 2 is 1.67 bits per heavy atom. The summed E-state index contributed by atoms with van der Waals surface area (Å²) in [5, 5.41) is 6.30. The molecule has 0 spiro atoms. The number of carbonyl (C=O) groups is 2. The van der Waals surface area contributed by atoms with E-state index in [1.54, 1.807) is 0 Å². The second-order valence-corrected chi connectivity index (χ2v) is 8.29. The van der Waals surface area contributed by atoms with Crippen molar-refractivity contribution < 1.29 is 14.3 Å².